The molecule has 3 aliphatic heterocycles. The fraction of sp³-hybridized carbons (Fsp3) is 0.860. The van der Waals surface area contributed by atoms with Crippen molar-refractivity contribution in [3.63, 3.8) is 0 Å². The highest BCUT2D eigenvalue weighted by Gasteiger charge is 2.47. The monoisotopic (exact) mass is 800 g/mol. The molecule has 3 heterocycles. The van der Waals surface area contributed by atoms with E-state index < -0.39 is 12.3 Å². The highest BCUT2D eigenvalue weighted by Crippen LogP contribution is 2.52. The predicted molar refractivity (Wildman–Crippen MR) is 214 cm³/mol. The van der Waals surface area contributed by atoms with Crippen molar-refractivity contribution in [3.05, 3.63) is 23.4 Å². The minimum Gasteiger partial charge on any atom is -0.498 e. The summed E-state index contributed by atoms with van der Waals surface area (Å²) in [6.45, 7) is 14.4. The predicted octanol–water partition coefficient (Wildman–Crippen LogP) is 9.22. The second kappa shape index (κ2) is 25.2. The second-order valence-corrected chi connectivity index (χ2v) is 17.0. The number of amides is 1. The van der Waals surface area contributed by atoms with Gasteiger partial charge in [0.05, 0.1) is 31.5 Å². The number of hydrogen-bond donors (Lipinski definition) is 6. The molecule has 2 aliphatic carbocycles. The van der Waals surface area contributed by atoms with Gasteiger partial charge in [0.2, 0.25) is 18.5 Å². The molecule has 0 bridgehead atoms. The summed E-state index contributed by atoms with van der Waals surface area (Å²) in [6.07, 6.45) is 17.4. The molecular formula is C43H77NO12. The van der Waals surface area contributed by atoms with Gasteiger partial charge in [-0.05, 0) is 119 Å². The van der Waals surface area contributed by atoms with Crippen molar-refractivity contribution in [1.82, 2.24) is 5.32 Å². The standard InChI is InChI=1S/C43H71NO8.2H2O2.H2/c1-7-32-17-21-35-31(6)42(52-43-40(35)36(32)20-16-29(4)50-43)48-25-13-11-9-8-10-12-24-44-38(45)22-23-39(46)51-41(47)30(5)34-18-14-27(2)33-19-15-28(3)49-26-37(33)34;2*1-2;/h26-36,41-42,47H,7-25H2,1-6H3,(H,44,45);2*1-2H;1H/t27-,28?,29?,30-,31-,32-,33?,34?,35?,36?,41?,42?;;;/m1.../s1. The number of hydrogen-bond acceptors (Lipinski definition) is 12. The van der Waals surface area contributed by atoms with Crippen LogP contribution in [0.5, 0.6) is 0 Å². The fourth-order valence-electron chi connectivity index (χ4n) is 9.86. The number of carbonyl (C=O) groups is 2. The van der Waals surface area contributed by atoms with Crippen LogP contribution in [0, 0.1) is 47.3 Å². The fourth-order valence-corrected chi connectivity index (χ4v) is 9.86. The van der Waals surface area contributed by atoms with Crippen molar-refractivity contribution in [3.8, 4) is 0 Å². The van der Waals surface area contributed by atoms with Gasteiger partial charge >= 0.3 is 5.97 Å². The number of ether oxygens (including phenoxy) is 5. The van der Waals surface area contributed by atoms with Crippen molar-refractivity contribution in [2.24, 2.45) is 47.3 Å². The molecule has 0 aromatic rings. The van der Waals surface area contributed by atoms with E-state index in [9.17, 15) is 14.7 Å². The number of aliphatic hydroxyl groups is 1. The average molecular weight is 800 g/mol. The number of esters is 1. The van der Waals surface area contributed by atoms with E-state index >= 15 is 0 Å². The lowest BCUT2D eigenvalue weighted by Gasteiger charge is -2.45. The van der Waals surface area contributed by atoms with Crippen LogP contribution in [0.4, 0.5) is 0 Å². The van der Waals surface area contributed by atoms with Gasteiger partial charge in [-0.3, -0.25) is 30.6 Å². The number of rotatable bonds is 17. The molecular weight excluding hydrogens is 722 g/mol. The molecule has 0 radical (unpaired) electrons. The van der Waals surface area contributed by atoms with Gasteiger partial charge in [-0.15, -0.1) is 0 Å². The maximum Gasteiger partial charge on any atom is 0.308 e. The Kier molecular flexibility index (Phi) is 21.5. The molecule has 0 aromatic heterocycles. The number of nitrogens with one attached hydrogen (secondary N) is 1. The molecule has 5 aliphatic rings. The van der Waals surface area contributed by atoms with Crippen LogP contribution in [-0.4, -0.2) is 76.0 Å². The number of allylic oxidation sites excluding steroid dienone is 2. The zero-order chi connectivity index (χ0) is 41.2. The van der Waals surface area contributed by atoms with E-state index in [4.69, 9.17) is 44.7 Å². The highest BCUT2D eigenvalue weighted by molar-refractivity contribution is 5.81. The zero-order valence-electron chi connectivity index (χ0n) is 35.0. The SMILES string of the molecule is CC[C@@H]1CCC2C3=C(OC(C)CCC31)OC(OCCCCCCCCNC(=O)CCC(=O)OC(O)[C@H](C)C1CC[C@@H](C)C3CCC(C)OC=C13)[C@@H]2C.OO.OO.[HH]. The molecule has 6 N–H and O–H groups in total. The van der Waals surface area contributed by atoms with E-state index in [2.05, 4.69) is 39.9 Å². The summed E-state index contributed by atoms with van der Waals surface area (Å²) in [5.41, 5.74) is 2.70. The summed E-state index contributed by atoms with van der Waals surface area (Å²) >= 11 is 0. The van der Waals surface area contributed by atoms with E-state index in [-0.39, 0.29) is 50.5 Å². The summed E-state index contributed by atoms with van der Waals surface area (Å²) in [7, 11) is 0. The van der Waals surface area contributed by atoms with Gasteiger partial charge in [0.25, 0.3) is 5.95 Å². The van der Waals surface area contributed by atoms with Gasteiger partial charge in [0.1, 0.15) is 0 Å². The largest absolute Gasteiger partial charge is 0.498 e. The van der Waals surface area contributed by atoms with Crippen molar-refractivity contribution >= 4 is 11.9 Å². The molecule has 56 heavy (non-hydrogen) atoms. The maximum atomic E-state index is 12.5. The minimum absolute atomic E-state index is 0. The smallest absolute Gasteiger partial charge is 0.308 e. The first-order chi connectivity index (χ1) is 27.1. The Morgan fingerprint density at radius 3 is 2.21 bits per heavy atom. The third-order valence-electron chi connectivity index (χ3n) is 13.3. The lowest BCUT2D eigenvalue weighted by Crippen LogP contribution is -2.42. The van der Waals surface area contributed by atoms with E-state index in [0.717, 1.165) is 82.5 Å². The lowest BCUT2D eigenvalue weighted by molar-refractivity contribution is -0.203. The van der Waals surface area contributed by atoms with Gasteiger partial charge in [-0.2, -0.15) is 0 Å². The van der Waals surface area contributed by atoms with Gasteiger partial charge in [0.15, 0.2) is 0 Å². The van der Waals surface area contributed by atoms with E-state index in [1.54, 1.807) is 0 Å². The molecule has 2 saturated carbocycles. The molecule has 8 unspecified atom stereocenters. The Morgan fingerprint density at radius 2 is 1.48 bits per heavy atom. The third kappa shape index (κ3) is 13.6. The summed E-state index contributed by atoms with van der Waals surface area (Å²) in [4.78, 5) is 24.9. The molecule has 13 heteroatoms. The number of carbonyl (C=O) groups excluding carboxylic acids is 2. The first-order valence-corrected chi connectivity index (χ1v) is 21.7. The Hall–Kier alpha value is -2.42. The number of fused-ring (bicyclic) bond motifs is 1. The molecule has 0 aromatic carbocycles. The first kappa shape index (κ1) is 48.0. The second-order valence-electron chi connectivity index (χ2n) is 17.0. The Bertz CT molecular complexity index is 1230. The summed E-state index contributed by atoms with van der Waals surface area (Å²) in [6, 6.07) is 0. The molecule has 5 rings (SSSR count). The molecule has 0 saturated heterocycles. The average Bonchev–Trinajstić information content (AvgIpc) is 3.51. The lowest BCUT2D eigenvalue weighted by atomic mass is 9.64. The van der Waals surface area contributed by atoms with Gasteiger partial charge in [-0.25, -0.2) is 0 Å². The Balaban J connectivity index is 0.00000217. The van der Waals surface area contributed by atoms with Crippen LogP contribution in [0.1, 0.15) is 152 Å². The summed E-state index contributed by atoms with van der Waals surface area (Å²) < 4.78 is 30.5. The van der Waals surface area contributed by atoms with Gasteiger partial charge < -0.3 is 34.1 Å². The third-order valence-corrected chi connectivity index (χ3v) is 13.3. The quantitative estimate of drug-likeness (QED) is 0.0269. The first-order valence-electron chi connectivity index (χ1n) is 21.7. The molecule has 2 fully saturated rings. The topological polar surface area (TPSA) is 193 Å². The van der Waals surface area contributed by atoms with E-state index in [0.29, 0.717) is 42.7 Å². The van der Waals surface area contributed by atoms with Crippen LogP contribution in [-0.2, 0) is 33.3 Å². The molecule has 326 valence electrons. The number of unbranched alkanes of at least 4 members (excludes halogenated alkanes) is 5. The summed E-state index contributed by atoms with van der Waals surface area (Å²) in [5.74, 6) is 3.20. The normalized spacial score (nSPS) is 31.9. The summed E-state index contributed by atoms with van der Waals surface area (Å²) in [5, 5.41) is 37.7. The van der Waals surface area contributed by atoms with Gasteiger partial charge in [0, 0.05) is 31.8 Å². The van der Waals surface area contributed by atoms with Crippen LogP contribution in [0.2, 0.25) is 0 Å². The van der Waals surface area contributed by atoms with Crippen LogP contribution < -0.4 is 5.32 Å². The molecule has 1 amide bonds. The Labute approximate surface area is 336 Å². The van der Waals surface area contributed by atoms with Gasteiger partial charge in [-0.1, -0.05) is 59.8 Å². The van der Waals surface area contributed by atoms with Crippen LogP contribution >= 0.6 is 0 Å². The number of aliphatic hydroxyl groups excluding tert-OH is 1. The molecule has 0 spiro atoms. The van der Waals surface area contributed by atoms with Crippen molar-refractivity contribution < 1.29 is 60.8 Å². The zero-order valence-corrected chi connectivity index (χ0v) is 35.0. The van der Waals surface area contributed by atoms with Crippen molar-refractivity contribution in [2.75, 3.05) is 13.2 Å². The maximum absolute atomic E-state index is 12.5. The van der Waals surface area contributed by atoms with Crippen molar-refractivity contribution in [2.45, 2.75) is 175 Å². The highest BCUT2D eigenvalue weighted by atomic mass is 17.0. The van der Waals surface area contributed by atoms with Crippen LogP contribution in [0.25, 0.3) is 0 Å². The molecule has 12 atom stereocenters. The van der Waals surface area contributed by atoms with E-state index in [1.807, 2.05) is 13.2 Å². The van der Waals surface area contributed by atoms with Crippen molar-refractivity contribution in [1.29, 1.82) is 0 Å². The Morgan fingerprint density at radius 1 is 0.821 bits per heavy atom. The molecule has 13 nitrogen and oxygen atoms in total. The van der Waals surface area contributed by atoms with Crippen LogP contribution in [0.15, 0.2) is 23.4 Å². The minimum atomic E-state index is -1.20. The van der Waals surface area contributed by atoms with E-state index in [1.165, 1.54) is 36.8 Å². The van der Waals surface area contributed by atoms with Crippen LogP contribution in [0.3, 0.4) is 0 Å².